The lowest BCUT2D eigenvalue weighted by Gasteiger charge is -2.55. The second kappa shape index (κ2) is 7.25. The van der Waals surface area contributed by atoms with Crippen LogP contribution in [0, 0.1) is 23.2 Å². The number of benzene rings is 1. The first-order valence-corrected chi connectivity index (χ1v) is 13.9. The molecule has 8 heteroatoms. The Morgan fingerprint density at radius 1 is 1.03 bits per heavy atom. The van der Waals surface area contributed by atoms with Crippen LogP contribution in [-0.4, -0.2) is 36.7 Å². The van der Waals surface area contributed by atoms with Gasteiger partial charge in [-0.2, -0.15) is 4.31 Å². The van der Waals surface area contributed by atoms with Crippen LogP contribution in [0.5, 0.6) is 0 Å². The van der Waals surface area contributed by atoms with Crippen molar-refractivity contribution in [3.05, 3.63) is 18.2 Å². The van der Waals surface area contributed by atoms with Crippen LogP contribution in [0.2, 0.25) is 0 Å². The summed E-state index contributed by atoms with van der Waals surface area (Å²) < 4.78 is 28.4. The Morgan fingerprint density at radius 2 is 1.68 bits per heavy atom. The Labute approximate surface area is 187 Å². The van der Waals surface area contributed by atoms with Crippen LogP contribution in [0.4, 0.5) is 5.13 Å². The summed E-state index contributed by atoms with van der Waals surface area (Å²) in [5.74, 6) is 2.28. The third-order valence-corrected chi connectivity index (χ3v) is 10.9. The highest BCUT2D eigenvalue weighted by Crippen LogP contribution is 2.60. The molecule has 4 aliphatic carbocycles. The second-order valence-electron chi connectivity index (χ2n) is 10.3. The average Bonchev–Trinajstić information content (AvgIpc) is 3.15. The van der Waals surface area contributed by atoms with Crippen LogP contribution in [0.25, 0.3) is 10.2 Å². The molecule has 4 bridgehead atoms. The van der Waals surface area contributed by atoms with E-state index in [2.05, 4.69) is 10.3 Å². The number of hydrogen-bond acceptors (Lipinski definition) is 5. The van der Waals surface area contributed by atoms with Crippen LogP contribution >= 0.6 is 11.3 Å². The van der Waals surface area contributed by atoms with E-state index >= 15 is 0 Å². The number of amides is 1. The maximum Gasteiger partial charge on any atom is 0.243 e. The first-order valence-electron chi connectivity index (χ1n) is 11.6. The molecule has 166 valence electrons. The van der Waals surface area contributed by atoms with Crippen molar-refractivity contribution in [3.8, 4) is 0 Å². The lowest BCUT2D eigenvalue weighted by Crippen LogP contribution is -2.51. The second-order valence-corrected chi connectivity index (χ2v) is 13.2. The predicted octanol–water partition coefficient (Wildman–Crippen LogP) is 4.63. The first kappa shape index (κ1) is 20.1. The zero-order valence-electron chi connectivity index (χ0n) is 17.7. The van der Waals surface area contributed by atoms with Crippen molar-refractivity contribution in [3.63, 3.8) is 0 Å². The topological polar surface area (TPSA) is 79.4 Å². The van der Waals surface area contributed by atoms with E-state index in [0.717, 1.165) is 66.5 Å². The first-order chi connectivity index (χ1) is 14.9. The predicted molar refractivity (Wildman–Crippen MR) is 121 cm³/mol. The molecule has 0 atom stereocenters. The van der Waals surface area contributed by atoms with E-state index < -0.39 is 10.0 Å². The van der Waals surface area contributed by atoms with Gasteiger partial charge in [-0.1, -0.05) is 17.8 Å². The Bertz CT molecular complexity index is 1100. The largest absolute Gasteiger partial charge is 0.301 e. The van der Waals surface area contributed by atoms with Gasteiger partial charge in [0, 0.05) is 13.1 Å². The molecule has 6 nitrogen and oxygen atoms in total. The monoisotopic (exact) mass is 459 g/mol. The van der Waals surface area contributed by atoms with Gasteiger partial charge in [0.05, 0.1) is 20.5 Å². The van der Waals surface area contributed by atoms with Crippen LogP contribution in [0.1, 0.15) is 57.8 Å². The van der Waals surface area contributed by atoms with Crippen molar-refractivity contribution < 1.29 is 13.2 Å². The minimum absolute atomic E-state index is 0.131. The number of rotatable bonds is 4. The highest BCUT2D eigenvalue weighted by molar-refractivity contribution is 7.89. The van der Waals surface area contributed by atoms with Gasteiger partial charge >= 0.3 is 0 Å². The number of aromatic nitrogens is 1. The number of hydrogen-bond donors (Lipinski definition) is 1. The van der Waals surface area contributed by atoms with Crippen molar-refractivity contribution in [2.75, 3.05) is 18.4 Å². The molecule has 2 aromatic rings. The van der Waals surface area contributed by atoms with Gasteiger partial charge in [-0.05, 0) is 87.3 Å². The Balaban J connectivity index is 1.24. The van der Waals surface area contributed by atoms with Gasteiger partial charge in [-0.25, -0.2) is 13.4 Å². The van der Waals surface area contributed by atoms with E-state index in [4.69, 9.17) is 0 Å². The fourth-order valence-electron chi connectivity index (χ4n) is 6.99. The van der Waals surface area contributed by atoms with E-state index in [1.807, 2.05) is 0 Å². The Kier molecular flexibility index (Phi) is 4.71. The normalized spacial score (nSPS) is 33.1. The molecule has 0 radical (unpaired) electrons. The Hall–Kier alpha value is -1.51. The van der Waals surface area contributed by atoms with Gasteiger partial charge < -0.3 is 5.32 Å². The van der Waals surface area contributed by atoms with Gasteiger partial charge in [-0.3, -0.25) is 4.79 Å². The number of nitrogens with zero attached hydrogens (tertiary/aromatic N) is 2. The zero-order valence-corrected chi connectivity index (χ0v) is 19.3. The Morgan fingerprint density at radius 3 is 2.32 bits per heavy atom. The molecule has 0 spiro atoms. The third kappa shape index (κ3) is 3.42. The van der Waals surface area contributed by atoms with Gasteiger partial charge in [0.1, 0.15) is 0 Å². The molecule has 1 aliphatic heterocycles. The van der Waals surface area contributed by atoms with E-state index in [1.165, 1.54) is 30.6 Å². The molecule has 1 aromatic heterocycles. The smallest absolute Gasteiger partial charge is 0.243 e. The summed E-state index contributed by atoms with van der Waals surface area (Å²) in [6.07, 6.45) is 9.92. The molecule has 5 aliphatic rings. The highest BCUT2D eigenvalue weighted by atomic mass is 32.2. The SMILES string of the molecule is O=C(Nc1nc2ccc(S(=O)(=O)N3CCCCC3)cc2s1)C12CC3CC(CC(C3)C1)C2. The number of sulfonamides is 1. The number of thiazole rings is 1. The zero-order chi connectivity index (χ0) is 21.2. The maximum absolute atomic E-state index is 13.3. The number of fused-ring (bicyclic) bond motifs is 1. The molecular weight excluding hydrogens is 430 g/mol. The highest BCUT2D eigenvalue weighted by Gasteiger charge is 2.54. The lowest BCUT2D eigenvalue weighted by molar-refractivity contribution is -0.140. The van der Waals surface area contributed by atoms with Crippen molar-refractivity contribution >= 4 is 42.6 Å². The molecule has 1 aromatic carbocycles. The summed E-state index contributed by atoms with van der Waals surface area (Å²) in [6.45, 7) is 1.19. The summed E-state index contributed by atoms with van der Waals surface area (Å²) in [7, 11) is -3.47. The minimum Gasteiger partial charge on any atom is -0.301 e. The molecule has 1 amide bonds. The number of anilines is 1. The summed E-state index contributed by atoms with van der Waals surface area (Å²) in [5, 5.41) is 3.70. The van der Waals surface area contributed by atoms with Crippen molar-refractivity contribution in [1.29, 1.82) is 0 Å². The molecule has 0 unspecified atom stereocenters. The van der Waals surface area contributed by atoms with Crippen LogP contribution in [-0.2, 0) is 14.8 Å². The summed E-state index contributed by atoms with van der Waals surface area (Å²) >= 11 is 1.38. The minimum atomic E-state index is -3.47. The molecule has 1 N–H and O–H groups in total. The molecule has 7 rings (SSSR count). The quantitative estimate of drug-likeness (QED) is 0.723. The van der Waals surface area contributed by atoms with Gasteiger partial charge in [0.15, 0.2) is 5.13 Å². The number of nitrogens with one attached hydrogen (secondary N) is 1. The van der Waals surface area contributed by atoms with Crippen molar-refractivity contribution in [2.45, 2.75) is 62.7 Å². The number of piperidine rings is 1. The maximum atomic E-state index is 13.3. The molecular formula is C23H29N3O3S2. The van der Waals surface area contributed by atoms with Crippen LogP contribution in [0.15, 0.2) is 23.1 Å². The van der Waals surface area contributed by atoms with Crippen LogP contribution in [0.3, 0.4) is 0 Å². The molecule has 5 fully saturated rings. The molecule has 4 saturated carbocycles. The fraction of sp³-hybridized carbons (Fsp3) is 0.652. The van der Waals surface area contributed by atoms with E-state index in [9.17, 15) is 13.2 Å². The van der Waals surface area contributed by atoms with Crippen molar-refractivity contribution in [2.24, 2.45) is 23.2 Å². The average molecular weight is 460 g/mol. The fourth-order valence-corrected chi connectivity index (χ4v) is 9.51. The van der Waals surface area contributed by atoms with E-state index in [0.29, 0.717) is 23.1 Å². The van der Waals surface area contributed by atoms with Gasteiger partial charge in [0.25, 0.3) is 0 Å². The summed E-state index contributed by atoms with van der Waals surface area (Å²) in [6, 6.07) is 5.14. The summed E-state index contributed by atoms with van der Waals surface area (Å²) in [4.78, 5) is 18.2. The third-order valence-electron chi connectivity index (χ3n) is 8.05. The van der Waals surface area contributed by atoms with Gasteiger partial charge in [-0.15, -0.1) is 0 Å². The molecule has 2 heterocycles. The van der Waals surface area contributed by atoms with E-state index in [1.54, 1.807) is 22.5 Å². The van der Waals surface area contributed by atoms with E-state index in [-0.39, 0.29) is 11.3 Å². The van der Waals surface area contributed by atoms with Gasteiger partial charge in [0.2, 0.25) is 15.9 Å². The number of carbonyl (C=O) groups excluding carboxylic acids is 1. The van der Waals surface area contributed by atoms with Crippen LogP contribution < -0.4 is 5.32 Å². The van der Waals surface area contributed by atoms with Crippen molar-refractivity contribution in [1.82, 2.24) is 9.29 Å². The lowest BCUT2D eigenvalue weighted by atomic mass is 9.49. The molecule has 31 heavy (non-hydrogen) atoms. The standard InChI is InChI=1S/C23H29N3O3S2/c27-21(23-12-15-8-16(13-23)10-17(9-15)14-23)25-22-24-19-5-4-18(11-20(19)30-22)31(28,29)26-6-2-1-3-7-26/h4-5,11,15-17H,1-3,6-10,12-14H2,(H,24,25,27). The number of carbonyl (C=O) groups is 1. The summed E-state index contributed by atoms with van der Waals surface area (Å²) in [5.41, 5.74) is 0.526. The molecule has 1 saturated heterocycles.